The first-order chi connectivity index (χ1) is 9.76. The Kier molecular flexibility index (Phi) is 10.2. The number of nitrogens with zero attached hydrogens (tertiary/aromatic N) is 1. The second-order valence-electron chi connectivity index (χ2n) is 5.67. The van der Waals surface area contributed by atoms with E-state index < -0.39 is 0 Å². The van der Waals surface area contributed by atoms with E-state index >= 15 is 0 Å². The van der Waals surface area contributed by atoms with E-state index in [0.717, 1.165) is 38.6 Å². The van der Waals surface area contributed by atoms with Gasteiger partial charge >= 0.3 is 0 Å². The molecule has 5 nitrogen and oxygen atoms in total. The van der Waals surface area contributed by atoms with E-state index in [0.29, 0.717) is 19.8 Å². The predicted octanol–water partition coefficient (Wildman–Crippen LogP) is 0.722. The zero-order chi connectivity index (χ0) is 14.6. The third kappa shape index (κ3) is 8.17. The molecule has 1 aliphatic rings. The van der Waals surface area contributed by atoms with Gasteiger partial charge in [-0.3, -0.25) is 0 Å². The third-order valence-electron chi connectivity index (χ3n) is 3.78. The molecule has 1 aliphatic heterocycles. The van der Waals surface area contributed by atoms with Crippen molar-refractivity contribution in [3.63, 3.8) is 0 Å². The number of likely N-dealkylation sites (tertiary alicyclic amines) is 1. The Hall–Kier alpha value is -0.200. The largest absolute Gasteiger partial charge is 0.389 e. The zero-order valence-corrected chi connectivity index (χ0v) is 13.1. The number of hydrogen-bond acceptors (Lipinski definition) is 5. The molecule has 0 amide bonds. The number of rotatable bonds is 11. The summed E-state index contributed by atoms with van der Waals surface area (Å²) in [6.45, 7) is 8.92. The lowest BCUT2D eigenvalue weighted by Crippen LogP contribution is -2.42. The molecule has 0 aromatic rings. The highest BCUT2D eigenvalue weighted by Gasteiger charge is 2.20. The Morgan fingerprint density at radius 2 is 2.05 bits per heavy atom. The molecule has 120 valence electrons. The van der Waals surface area contributed by atoms with Crippen LogP contribution in [0.15, 0.2) is 0 Å². The average Bonchev–Trinajstić information content (AvgIpc) is 2.46. The highest BCUT2D eigenvalue weighted by Crippen LogP contribution is 2.16. The van der Waals surface area contributed by atoms with Crippen LogP contribution in [0.4, 0.5) is 0 Å². The van der Waals surface area contributed by atoms with Crippen LogP contribution in [0.5, 0.6) is 0 Å². The summed E-state index contributed by atoms with van der Waals surface area (Å²) in [5.74, 6) is 0.799. The van der Waals surface area contributed by atoms with Crippen LogP contribution in [-0.4, -0.2) is 75.8 Å². The van der Waals surface area contributed by atoms with Crippen molar-refractivity contribution < 1.29 is 14.6 Å². The lowest BCUT2D eigenvalue weighted by atomic mass is 9.96. The third-order valence-corrected chi connectivity index (χ3v) is 3.78. The maximum absolute atomic E-state index is 9.92. The number of methoxy groups -OCH3 is 1. The lowest BCUT2D eigenvalue weighted by molar-refractivity contribution is -0.00457. The van der Waals surface area contributed by atoms with Crippen LogP contribution < -0.4 is 5.32 Å². The molecule has 0 radical (unpaired) electrons. The smallest absolute Gasteiger partial charge is 0.0900 e. The minimum absolute atomic E-state index is 0.387. The first-order valence-corrected chi connectivity index (χ1v) is 7.94. The molecule has 0 aromatic carbocycles. The van der Waals surface area contributed by atoms with Crippen molar-refractivity contribution in [2.75, 3.05) is 59.7 Å². The van der Waals surface area contributed by atoms with Gasteiger partial charge in [0.05, 0.1) is 25.9 Å². The van der Waals surface area contributed by atoms with Gasteiger partial charge in [0.1, 0.15) is 0 Å². The number of β-amino-alcohol motifs (C(OH)–C–C–N with tert-alkyl or cyclic N) is 1. The van der Waals surface area contributed by atoms with Gasteiger partial charge in [0.25, 0.3) is 0 Å². The Balaban J connectivity index is 2.03. The van der Waals surface area contributed by atoms with Gasteiger partial charge in [-0.1, -0.05) is 6.92 Å². The molecule has 5 heteroatoms. The maximum atomic E-state index is 9.92. The quantitative estimate of drug-likeness (QED) is 0.549. The first kappa shape index (κ1) is 17.9. The van der Waals surface area contributed by atoms with Crippen molar-refractivity contribution in [2.24, 2.45) is 5.92 Å². The fourth-order valence-corrected chi connectivity index (χ4v) is 2.57. The molecule has 0 bridgehead atoms. The molecule has 1 saturated heterocycles. The summed E-state index contributed by atoms with van der Waals surface area (Å²) >= 11 is 0. The molecule has 0 aliphatic carbocycles. The SMILES string of the molecule is CCCNCC1CCN(CC(O)COCCOC)CC1. The highest BCUT2D eigenvalue weighted by atomic mass is 16.5. The summed E-state index contributed by atoms with van der Waals surface area (Å²) in [6, 6.07) is 0. The van der Waals surface area contributed by atoms with E-state index in [9.17, 15) is 5.11 Å². The number of aliphatic hydroxyl groups is 1. The second-order valence-corrected chi connectivity index (χ2v) is 5.67. The average molecular weight is 288 g/mol. The number of aliphatic hydroxyl groups excluding tert-OH is 1. The summed E-state index contributed by atoms with van der Waals surface area (Å²) in [5, 5.41) is 13.4. The van der Waals surface area contributed by atoms with E-state index in [4.69, 9.17) is 9.47 Å². The first-order valence-electron chi connectivity index (χ1n) is 7.94. The zero-order valence-electron chi connectivity index (χ0n) is 13.1. The van der Waals surface area contributed by atoms with Gasteiger partial charge in [-0.15, -0.1) is 0 Å². The topological polar surface area (TPSA) is 54.0 Å². The van der Waals surface area contributed by atoms with Crippen LogP contribution in [0.2, 0.25) is 0 Å². The van der Waals surface area contributed by atoms with Crippen LogP contribution in [0.3, 0.4) is 0 Å². The number of hydrogen-bond donors (Lipinski definition) is 2. The minimum Gasteiger partial charge on any atom is -0.389 e. The van der Waals surface area contributed by atoms with Crippen LogP contribution in [0.25, 0.3) is 0 Å². The molecule has 1 heterocycles. The summed E-state index contributed by atoms with van der Waals surface area (Å²) in [5.41, 5.74) is 0. The van der Waals surface area contributed by atoms with E-state index in [1.165, 1.54) is 19.3 Å². The fourth-order valence-electron chi connectivity index (χ4n) is 2.57. The van der Waals surface area contributed by atoms with Gasteiger partial charge in [-0.25, -0.2) is 0 Å². The second kappa shape index (κ2) is 11.5. The van der Waals surface area contributed by atoms with Gasteiger partial charge in [0.15, 0.2) is 0 Å². The molecule has 1 fully saturated rings. The monoisotopic (exact) mass is 288 g/mol. The molecule has 1 rings (SSSR count). The standard InChI is InChI=1S/C15H32N2O3/c1-3-6-16-11-14-4-7-17(8-5-14)12-15(18)13-20-10-9-19-2/h14-16,18H,3-13H2,1-2H3. The Labute approximate surface area is 123 Å². The normalized spacial score (nSPS) is 19.4. The molecule has 0 saturated carbocycles. The molecule has 1 unspecified atom stereocenters. The van der Waals surface area contributed by atoms with Crippen LogP contribution in [0, 0.1) is 5.92 Å². The van der Waals surface area contributed by atoms with E-state index in [2.05, 4.69) is 17.1 Å². The van der Waals surface area contributed by atoms with Crippen molar-refractivity contribution in [3.05, 3.63) is 0 Å². The molecular weight excluding hydrogens is 256 g/mol. The van der Waals surface area contributed by atoms with Crippen molar-refractivity contribution >= 4 is 0 Å². The lowest BCUT2D eigenvalue weighted by Gasteiger charge is -2.33. The molecular formula is C15H32N2O3. The Bertz CT molecular complexity index is 221. The molecule has 20 heavy (non-hydrogen) atoms. The molecule has 2 N–H and O–H groups in total. The van der Waals surface area contributed by atoms with Gasteiger partial charge in [-0.05, 0) is 51.4 Å². The number of ether oxygens (including phenoxy) is 2. The Morgan fingerprint density at radius 3 is 2.70 bits per heavy atom. The highest BCUT2D eigenvalue weighted by molar-refractivity contribution is 4.75. The van der Waals surface area contributed by atoms with Crippen molar-refractivity contribution in [3.8, 4) is 0 Å². The minimum atomic E-state index is -0.387. The van der Waals surface area contributed by atoms with Crippen LogP contribution in [-0.2, 0) is 9.47 Å². The number of nitrogens with one attached hydrogen (secondary N) is 1. The van der Waals surface area contributed by atoms with Crippen molar-refractivity contribution in [1.29, 1.82) is 0 Å². The van der Waals surface area contributed by atoms with Crippen LogP contribution in [0.1, 0.15) is 26.2 Å². The van der Waals surface area contributed by atoms with Crippen molar-refractivity contribution in [2.45, 2.75) is 32.3 Å². The van der Waals surface area contributed by atoms with E-state index in [1.54, 1.807) is 7.11 Å². The van der Waals surface area contributed by atoms with Gasteiger partial charge < -0.3 is 24.8 Å². The molecule has 1 atom stereocenters. The summed E-state index contributed by atoms with van der Waals surface area (Å²) in [7, 11) is 1.65. The fraction of sp³-hybridized carbons (Fsp3) is 1.00. The van der Waals surface area contributed by atoms with Crippen molar-refractivity contribution in [1.82, 2.24) is 10.2 Å². The van der Waals surface area contributed by atoms with E-state index in [1.807, 2.05) is 0 Å². The maximum Gasteiger partial charge on any atom is 0.0900 e. The van der Waals surface area contributed by atoms with Gasteiger partial charge in [0, 0.05) is 13.7 Å². The summed E-state index contributed by atoms with van der Waals surface area (Å²) in [6.07, 6.45) is 3.28. The summed E-state index contributed by atoms with van der Waals surface area (Å²) < 4.78 is 10.3. The molecule has 0 aromatic heterocycles. The van der Waals surface area contributed by atoms with Gasteiger partial charge in [-0.2, -0.15) is 0 Å². The summed E-state index contributed by atoms with van der Waals surface area (Å²) in [4.78, 5) is 2.35. The van der Waals surface area contributed by atoms with Gasteiger partial charge in [0.2, 0.25) is 0 Å². The number of piperidine rings is 1. The van der Waals surface area contributed by atoms with Crippen LogP contribution >= 0.6 is 0 Å². The van der Waals surface area contributed by atoms with E-state index in [-0.39, 0.29) is 6.10 Å². The predicted molar refractivity (Wildman–Crippen MR) is 81.0 cm³/mol. The Morgan fingerprint density at radius 1 is 1.30 bits per heavy atom. The molecule has 0 spiro atoms.